The van der Waals surface area contributed by atoms with Crippen LogP contribution in [0.5, 0.6) is 46.0 Å². The van der Waals surface area contributed by atoms with Gasteiger partial charge in [-0.1, -0.05) is 0 Å². The molecule has 312 valence electrons. The van der Waals surface area contributed by atoms with Crippen LogP contribution in [0.1, 0.15) is 5.56 Å². The number of fused-ring (bicyclic) bond motifs is 1. The summed E-state index contributed by atoms with van der Waals surface area (Å²) in [5.74, 6) is -3.63. The highest BCUT2D eigenvalue weighted by atomic mass is 16.7. The molecule has 2 saturated heterocycles. The van der Waals surface area contributed by atoms with Crippen LogP contribution in [0, 0.1) is 0 Å². The average Bonchev–Trinajstić information content (AvgIpc) is 3.20. The molecule has 20 heteroatoms. The molecule has 10 atom stereocenters. The van der Waals surface area contributed by atoms with E-state index < -0.39 is 97.8 Å². The maximum absolute atomic E-state index is 13.2. The van der Waals surface area contributed by atoms with Gasteiger partial charge in [0.25, 0.3) is 0 Å². The number of aromatic hydroxyl groups is 5. The molecule has 6 unspecified atom stereocenters. The fourth-order valence-corrected chi connectivity index (χ4v) is 6.29. The number of aliphatic hydroxyl groups excluding tert-OH is 6. The minimum absolute atomic E-state index is 0.00430. The number of hydrogen-bond acceptors (Lipinski definition) is 19. The Hall–Kier alpha value is -5.68. The Morgan fingerprint density at radius 2 is 1.41 bits per heavy atom. The minimum atomic E-state index is -2.01. The monoisotopic (exact) mass is 817 g/mol. The summed E-state index contributed by atoms with van der Waals surface area (Å²) in [4.78, 5) is 13.2. The van der Waals surface area contributed by atoms with E-state index in [0.717, 1.165) is 24.3 Å². The van der Waals surface area contributed by atoms with Gasteiger partial charge in [-0.2, -0.15) is 0 Å². The summed E-state index contributed by atoms with van der Waals surface area (Å²) < 4.78 is 44.8. The van der Waals surface area contributed by atoms with E-state index >= 15 is 0 Å². The van der Waals surface area contributed by atoms with Crippen molar-refractivity contribution in [3.63, 3.8) is 0 Å². The van der Waals surface area contributed by atoms with E-state index in [9.17, 15) is 61.0 Å². The Balaban J connectivity index is 1.32. The number of methoxy groups -OCH3 is 2. The number of benzene rings is 3. The third-order valence-electron chi connectivity index (χ3n) is 9.38. The number of rotatable bonds is 12. The molecule has 3 aromatic carbocycles. The molecule has 4 aromatic rings. The summed E-state index contributed by atoms with van der Waals surface area (Å²) >= 11 is 0. The van der Waals surface area contributed by atoms with Crippen LogP contribution >= 0.6 is 0 Å². The van der Waals surface area contributed by atoms with Gasteiger partial charge in [-0.15, -0.1) is 0 Å². The van der Waals surface area contributed by atoms with Crippen molar-refractivity contribution < 1.29 is 98.5 Å². The van der Waals surface area contributed by atoms with Crippen LogP contribution in [0.2, 0.25) is 0 Å². The fraction of sp³-hybridized carbons (Fsp3) is 0.368. The van der Waals surface area contributed by atoms with Crippen LogP contribution in [0.4, 0.5) is 0 Å². The Bertz CT molecular complexity index is 2110. The zero-order valence-electron chi connectivity index (χ0n) is 30.6. The summed E-state index contributed by atoms with van der Waals surface area (Å²) in [5.41, 5.74) is 0.345. The lowest BCUT2D eigenvalue weighted by molar-refractivity contribution is -0.323. The predicted molar refractivity (Wildman–Crippen MR) is 194 cm³/mol. The van der Waals surface area contributed by atoms with Gasteiger partial charge in [0.15, 0.2) is 35.4 Å². The molecule has 58 heavy (non-hydrogen) atoms. The van der Waals surface area contributed by atoms with Crippen molar-refractivity contribution in [3.05, 3.63) is 60.2 Å². The third-order valence-corrected chi connectivity index (χ3v) is 9.38. The number of phenols is 5. The van der Waals surface area contributed by atoms with E-state index in [1.165, 1.54) is 50.6 Å². The van der Waals surface area contributed by atoms with Crippen molar-refractivity contribution in [3.8, 4) is 57.3 Å². The van der Waals surface area contributed by atoms with Gasteiger partial charge in [-0.3, -0.25) is 0 Å². The molecule has 2 aliphatic heterocycles. The predicted octanol–water partition coefficient (Wildman–Crippen LogP) is 0.193. The van der Waals surface area contributed by atoms with Crippen molar-refractivity contribution in [2.45, 2.75) is 61.4 Å². The second-order valence-corrected chi connectivity index (χ2v) is 13.2. The molecule has 11 N–H and O–H groups in total. The molecule has 0 amide bonds. The van der Waals surface area contributed by atoms with Gasteiger partial charge in [0, 0.05) is 24.3 Å². The normalized spacial score (nSPS) is 27.4. The third kappa shape index (κ3) is 8.60. The second kappa shape index (κ2) is 17.4. The fourth-order valence-electron chi connectivity index (χ4n) is 6.29. The number of hydrogen-bond donors (Lipinski definition) is 11. The standard InChI is InChI=1S/C38H40O20/c1-51-23-7-15(8-24(52-2)29(23)45)3-6-28(44)58-36-27(14-53-37-33(49)31(47)30(46)26(13-39)56-37)57-38(34(50)32(36)48)55-25-12-18-20(42)10-17(40)11-22(18)54-35(25)16-4-5-19(41)21(43)9-16/h3-12,26-27,30-34,36-39,46-50H,13-14H2,1-2H3,(H4-,40,41,42,43,44,45)/p+1/t26?,27?,30-,31?,32?,33?,34?,36+,37-,38-/m1/s1. The van der Waals surface area contributed by atoms with Crippen LogP contribution in [-0.4, -0.2) is 151 Å². The lowest BCUT2D eigenvalue weighted by Gasteiger charge is -2.43. The van der Waals surface area contributed by atoms with Gasteiger partial charge in [0.05, 0.1) is 39.1 Å². The van der Waals surface area contributed by atoms with Crippen molar-refractivity contribution in [1.82, 2.24) is 0 Å². The minimum Gasteiger partial charge on any atom is -0.507 e. The van der Waals surface area contributed by atoms with Crippen LogP contribution in [-0.2, 0) is 23.7 Å². The Kier molecular flexibility index (Phi) is 12.6. The number of aliphatic hydroxyl groups is 6. The molecule has 0 bridgehead atoms. The van der Waals surface area contributed by atoms with Crippen LogP contribution in [0.15, 0.2) is 59.0 Å². The number of esters is 1. The van der Waals surface area contributed by atoms with Crippen molar-refractivity contribution in [2.75, 3.05) is 27.4 Å². The summed E-state index contributed by atoms with van der Waals surface area (Å²) in [6.07, 6.45) is -15.4. The first-order chi connectivity index (χ1) is 27.6. The Morgan fingerprint density at radius 1 is 0.741 bits per heavy atom. The van der Waals surface area contributed by atoms with E-state index in [0.29, 0.717) is 5.56 Å². The number of phenolic OH excluding ortho intramolecular Hbond substituents is 5. The highest BCUT2D eigenvalue weighted by molar-refractivity contribution is 5.89. The highest BCUT2D eigenvalue weighted by Gasteiger charge is 2.50. The molecular formula is C38H41O20+. The van der Waals surface area contributed by atoms with E-state index in [2.05, 4.69) is 0 Å². The van der Waals surface area contributed by atoms with Gasteiger partial charge in [0.2, 0.25) is 17.8 Å². The molecular weight excluding hydrogens is 776 g/mol. The Morgan fingerprint density at radius 3 is 2.07 bits per heavy atom. The number of ether oxygens (including phenoxy) is 7. The van der Waals surface area contributed by atoms with E-state index in [4.69, 9.17) is 37.6 Å². The smallest absolute Gasteiger partial charge is 0.402 e. The maximum atomic E-state index is 13.2. The molecule has 2 aliphatic rings. The lowest BCUT2D eigenvalue weighted by atomic mass is 9.98. The van der Waals surface area contributed by atoms with Gasteiger partial charge in [-0.05, 0) is 35.9 Å². The first-order valence-electron chi connectivity index (χ1n) is 17.4. The van der Waals surface area contributed by atoms with E-state index in [1.54, 1.807) is 0 Å². The topological polar surface area (TPSA) is 316 Å². The summed E-state index contributed by atoms with van der Waals surface area (Å²) in [6, 6.07) is 9.76. The van der Waals surface area contributed by atoms with Crippen LogP contribution < -0.4 is 14.2 Å². The second-order valence-electron chi connectivity index (χ2n) is 13.2. The highest BCUT2D eigenvalue weighted by Crippen LogP contribution is 2.43. The van der Waals surface area contributed by atoms with Gasteiger partial charge in [-0.25, -0.2) is 9.21 Å². The lowest BCUT2D eigenvalue weighted by Crippen LogP contribution is -2.63. The summed E-state index contributed by atoms with van der Waals surface area (Å²) in [7, 11) is 2.61. The largest absolute Gasteiger partial charge is 0.507 e. The number of carbonyl (C=O) groups excluding carboxylic acids is 1. The van der Waals surface area contributed by atoms with Crippen LogP contribution in [0.3, 0.4) is 0 Å². The molecule has 1 aromatic heterocycles. The van der Waals surface area contributed by atoms with Crippen molar-refractivity contribution in [1.29, 1.82) is 0 Å². The molecule has 20 nitrogen and oxygen atoms in total. The summed E-state index contributed by atoms with van der Waals surface area (Å²) in [5, 5.41) is 115. The maximum Gasteiger partial charge on any atom is 0.402 e. The molecule has 0 saturated carbocycles. The van der Waals surface area contributed by atoms with E-state index in [1.807, 2.05) is 0 Å². The van der Waals surface area contributed by atoms with Crippen molar-refractivity contribution in [2.24, 2.45) is 0 Å². The van der Waals surface area contributed by atoms with Crippen LogP contribution in [0.25, 0.3) is 28.4 Å². The zero-order chi connectivity index (χ0) is 42.0. The molecule has 3 heterocycles. The number of carbonyl (C=O) groups is 1. The SMILES string of the molecule is COc1cc(/C=C\C(=O)O[C@H]2C(CO[C@@H]3OC(CO)[C@@H](O)C(O)C3O)O[C@@H](Oc3cc4c(O)cc(O)cc4[o+]c3-c3ccc(O)c(O)c3)C(O)C2O)cc(OC)c1O. The molecule has 0 radical (unpaired) electrons. The zero-order valence-corrected chi connectivity index (χ0v) is 30.6. The van der Waals surface area contributed by atoms with Gasteiger partial charge in [0.1, 0.15) is 59.6 Å². The first-order valence-corrected chi connectivity index (χ1v) is 17.4. The average molecular weight is 818 g/mol. The van der Waals surface area contributed by atoms with Crippen molar-refractivity contribution >= 4 is 23.0 Å². The summed E-state index contributed by atoms with van der Waals surface area (Å²) in [6.45, 7) is -1.49. The Labute approximate surface area is 327 Å². The van der Waals surface area contributed by atoms with E-state index in [-0.39, 0.29) is 51.0 Å². The molecule has 6 rings (SSSR count). The van der Waals surface area contributed by atoms with Gasteiger partial charge < -0.3 is 89.3 Å². The molecule has 2 fully saturated rings. The first kappa shape index (κ1) is 41.9. The quantitative estimate of drug-likeness (QED) is 0.0393. The van der Waals surface area contributed by atoms with Gasteiger partial charge >= 0.3 is 17.3 Å². The molecule has 0 aliphatic carbocycles. The molecule has 0 spiro atoms.